The SMILES string of the molecule is C=[N+]([O-])c1cnc(NC(=O)c2cnc3c(c2)ncn3CCC(C)(C)NC[C@H](O)c2cccc(NS(=O)(=O)c3ccccc3)c2)s1. The number of carbonyl (C=O) groups is 1. The number of hydrogen-bond acceptors (Lipinski definition) is 10. The number of rotatable bonds is 13. The standard InChI is InChI=1S/C30H32N8O5S2/c1-30(2,34-17-25(39)20-8-7-9-22(14-20)36-45(42,43)23-10-5-4-6-11-23)12-13-38-19-33-24-15-21(16-31-27(24)38)28(40)35-29-32-18-26(44-29)37(3)41/h4-11,14-16,18-19,25,34,36,39H,3,12-13,17H2,1-2H3,(H,32,35,40)/t25-/m0/s1. The highest BCUT2D eigenvalue weighted by Gasteiger charge is 2.21. The lowest BCUT2D eigenvalue weighted by molar-refractivity contribution is -0.345. The van der Waals surface area contributed by atoms with Crippen molar-refractivity contribution < 1.29 is 23.1 Å². The monoisotopic (exact) mass is 648 g/mol. The molecule has 0 aliphatic rings. The van der Waals surface area contributed by atoms with Crippen LogP contribution in [0.5, 0.6) is 0 Å². The quantitative estimate of drug-likeness (QED) is 0.0628. The van der Waals surface area contributed by atoms with E-state index in [1.165, 1.54) is 24.5 Å². The molecule has 0 aliphatic carbocycles. The normalized spacial score (nSPS) is 12.6. The van der Waals surface area contributed by atoms with Crippen LogP contribution in [0, 0.1) is 5.21 Å². The number of fused-ring (bicyclic) bond motifs is 1. The van der Waals surface area contributed by atoms with Crippen LogP contribution in [-0.4, -0.2) is 62.5 Å². The molecule has 234 valence electrons. The molecule has 1 amide bonds. The molecule has 15 heteroatoms. The molecule has 1 atom stereocenters. The van der Waals surface area contributed by atoms with Gasteiger partial charge in [-0.2, -0.15) is 4.74 Å². The van der Waals surface area contributed by atoms with Crippen LogP contribution < -0.4 is 15.4 Å². The third-order valence-corrected chi connectivity index (χ3v) is 9.32. The van der Waals surface area contributed by atoms with E-state index in [9.17, 15) is 23.5 Å². The smallest absolute Gasteiger partial charge is 0.294 e. The molecule has 5 aromatic rings. The van der Waals surface area contributed by atoms with Gasteiger partial charge in [-0.25, -0.2) is 23.4 Å². The average molecular weight is 649 g/mol. The highest BCUT2D eigenvalue weighted by molar-refractivity contribution is 7.92. The van der Waals surface area contributed by atoms with Gasteiger partial charge in [-0.3, -0.25) is 14.8 Å². The van der Waals surface area contributed by atoms with Crippen molar-refractivity contribution in [2.45, 2.75) is 43.4 Å². The molecule has 5 rings (SSSR count). The van der Waals surface area contributed by atoms with Gasteiger partial charge in [-0.15, -0.1) is 0 Å². The van der Waals surface area contributed by atoms with Crippen molar-refractivity contribution in [1.29, 1.82) is 0 Å². The summed E-state index contributed by atoms with van der Waals surface area (Å²) < 4.78 is 30.3. The van der Waals surface area contributed by atoms with Gasteiger partial charge in [0.05, 0.1) is 22.9 Å². The predicted octanol–water partition coefficient (Wildman–Crippen LogP) is 4.28. The van der Waals surface area contributed by atoms with E-state index in [2.05, 4.69) is 37.0 Å². The van der Waals surface area contributed by atoms with Gasteiger partial charge in [0.2, 0.25) is 0 Å². The van der Waals surface area contributed by atoms with Crippen molar-refractivity contribution in [1.82, 2.24) is 24.8 Å². The maximum Gasteiger partial charge on any atom is 0.294 e. The lowest BCUT2D eigenvalue weighted by atomic mass is 9.99. The van der Waals surface area contributed by atoms with Crippen LogP contribution in [0.1, 0.15) is 42.3 Å². The molecule has 3 heterocycles. The molecule has 4 N–H and O–H groups in total. The molecule has 0 fully saturated rings. The highest BCUT2D eigenvalue weighted by Crippen LogP contribution is 2.26. The van der Waals surface area contributed by atoms with Gasteiger partial charge in [-0.1, -0.05) is 30.3 Å². The van der Waals surface area contributed by atoms with E-state index in [0.29, 0.717) is 45.7 Å². The summed E-state index contributed by atoms with van der Waals surface area (Å²) in [5, 5.41) is 28.8. The molecule has 2 aromatic carbocycles. The van der Waals surface area contributed by atoms with E-state index in [0.717, 1.165) is 11.3 Å². The molecular weight excluding hydrogens is 617 g/mol. The van der Waals surface area contributed by atoms with Crippen LogP contribution in [-0.2, 0) is 16.6 Å². The van der Waals surface area contributed by atoms with Gasteiger partial charge in [-0.05, 0) is 67.5 Å². The maximum absolute atomic E-state index is 12.7. The first kappa shape index (κ1) is 31.7. The van der Waals surface area contributed by atoms with E-state index in [4.69, 9.17) is 0 Å². The minimum atomic E-state index is -3.75. The fraction of sp³-hybridized carbons (Fsp3) is 0.233. The van der Waals surface area contributed by atoms with Crippen molar-refractivity contribution in [3.05, 3.63) is 95.7 Å². The summed E-state index contributed by atoms with van der Waals surface area (Å²) in [6, 6.07) is 16.4. The number of nitrogens with one attached hydrogen (secondary N) is 3. The number of benzene rings is 2. The summed E-state index contributed by atoms with van der Waals surface area (Å²) in [6.45, 7) is 8.10. The number of carbonyl (C=O) groups excluding carboxylic acids is 1. The Kier molecular flexibility index (Phi) is 9.24. The Bertz CT molecular complexity index is 1940. The number of sulfonamides is 1. The second-order valence-electron chi connectivity index (χ2n) is 10.9. The number of nitrogens with zero attached hydrogens (tertiary/aromatic N) is 5. The third kappa shape index (κ3) is 7.88. The summed E-state index contributed by atoms with van der Waals surface area (Å²) in [4.78, 5) is 25.7. The summed E-state index contributed by atoms with van der Waals surface area (Å²) in [7, 11) is -3.75. The number of anilines is 2. The topological polar surface area (TPSA) is 177 Å². The molecule has 0 saturated heterocycles. The molecular formula is C30H32N8O5S2. The number of β-amino-alcohol motifs (C(OH)–C–C–N with tert-alkyl or cyclic N) is 1. The number of aliphatic hydroxyl groups is 1. The van der Waals surface area contributed by atoms with E-state index >= 15 is 0 Å². The molecule has 13 nitrogen and oxygen atoms in total. The van der Waals surface area contributed by atoms with Crippen LogP contribution in [0.25, 0.3) is 11.2 Å². The Balaban J connectivity index is 1.16. The largest absolute Gasteiger partial charge is 0.618 e. The number of imidazole rings is 1. The number of thiazole rings is 1. The molecule has 0 radical (unpaired) electrons. The highest BCUT2D eigenvalue weighted by atomic mass is 32.2. The van der Waals surface area contributed by atoms with Gasteiger partial charge >= 0.3 is 0 Å². The number of aliphatic hydroxyl groups excluding tert-OH is 1. The fourth-order valence-electron chi connectivity index (χ4n) is 4.45. The summed E-state index contributed by atoms with van der Waals surface area (Å²) >= 11 is 1.01. The molecule has 0 saturated carbocycles. The minimum absolute atomic E-state index is 0.153. The number of aryl methyl sites for hydroxylation is 1. The van der Waals surface area contributed by atoms with E-state index in [1.807, 2.05) is 18.4 Å². The van der Waals surface area contributed by atoms with Crippen LogP contribution in [0.3, 0.4) is 0 Å². The first-order valence-corrected chi connectivity index (χ1v) is 16.2. The zero-order chi connectivity index (χ0) is 32.2. The Labute approximate surface area is 264 Å². The van der Waals surface area contributed by atoms with E-state index < -0.39 is 22.0 Å². The number of amides is 1. The van der Waals surface area contributed by atoms with Crippen LogP contribution in [0.15, 0.2) is 84.3 Å². The first-order chi connectivity index (χ1) is 21.4. The Morgan fingerprint density at radius 3 is 2.62 bits per heavy atom. The van der Waals surface area contributed by atoms with Crippen LogP contribution in [0.2, 0.25) is 0 Å². The average Bonchev–Trinajstić information content (AvgIpc) is 3.66. The Morgan fingerprint density at radius 1 is 1.11 bits per heavy atom. The number of hydrogen-bond donors (Lipinski definition) is 4. The lowest BCUT2D eigenvalue weighted by Crippen LogP contribution is -2.42. The Morgan fingerprint density at radius 2 is 1.89 bits per heavy atom. The van der Waals surface area contributed by atoms with Gasteiger partial charge in [0.1, 0.15) is 18.4 Å². The summed E-state index contributed by atoms with van der Waals surface area (Å²) in [5.41, 5.74) is 2.01. The number of aromatic nitrogens is 4. The van der Waals surface area contributed by atoms with Gasteiger partial charge < -0.3 is 20.2 Å². The zero-order valence-corrected chi connectivity index (χ0v) is 26.2. The molecule has 45 heavy (non-hydrogen) atoms. The fourth-order valence-corrected chi connectivity index (χ4v) is 6.17. The predicted molar refractivity (Wildman–Crippen MR) is 173 cm³/mol. The number of pyridine rings is 1. The summed E-state index contributed by atoms with van der Waals surface area (Å²) in [5.74, 6) is -0.426. The molecule has 0 aliphatic heterocycles. The van der Waals surface area contributed by atoms with Gasteiger partial charge in [0.25, 0.3) is 20.9 Å². The first-order valence-electron chi connectivity index (χ1n) is 13.9. The zero-order valence-electron chi connectivity index (χ0n) is 24.5. The lowest BCUT2D eigenvalue weighted by Gasteiger charge is -2.28. The maximum atomic E-state index is 12.7. The van der Waals surface area contributed by atoms with E-state index in [1.54, 1.807) is 54.9 Å². The van der Waals surface area contributed by atoms with E-state index in [-0.39, 0.29) is 27.1 Å². The van der Waals surface area contributed by atoms with Crippen molar-refractivity contribution >= 4 is 61.0 Å². The van der Waals surface area contributed by atoms with Crippen LogP contribution in [0.4, 0.5) is 15.8 Å². The van der Waals surface area contributed by atoms with Crippen LogP contribution >= 0.6 is 11.3 Å². The molecule has 0 spiro atoms. The molecule has 0 bridgehead atoms. The molecule has 3 aromatic heterocycles. The van der Waals surface area contributed by atoms with Crippen molar-refractivity contribution in [2.75, 3.05) is 16.6 Å². The second kappa shape index (κ2) is 13.1. The van der Waals surface area contributed by atoms with Crippen molar-refractivity contribution in [3.63, 3.8) is 0 Å². The summed E-state index contributed by atoms with van der Waals surface area (Å²) in [6.07, 6.45) is 4.25. The Hall–Kier alpha value is -4.70. The van der Waals surface area contributed by atoms with Crippen molar-refractivity contribution in [2.24, 2.45) is 0 Å². The van der Waals surface area contributed by atoms with Crippen molar-refractivity contribution in [3.8, 4) is 0 Å². The molecule has 0 unspecified atom stereocenters. The second-order valence-corrected chi connectivity index (χ2v) is 13.6. The third-order valence-electron chi connectivity index (χ3n) is 7.01. The minimum Gasteiger partial charge on any atom is -0.618 e. The van der Waals surface area contributed by atoms with Gasteiger partial charge in [0.15, 0.2) is 10.8 Å². The van der Waals surface area contributed by atoms with Gasteiger partial charge in [0, 0.05) is 30.5 Å².